The molecule has 0 saturated carbocycles. The first-order valence-corrected chi connectivity index (χ1v) is 10.5. The number of carbonyl (C=O) groups is 1. The number of hydrogen-bond donors (Lipinski definition) is 1. The predicted molar refractivity (Wildman–Crippen MR) is 107 cm³/mol. The summed E-state index contributed by atoms with van der Waals surface area (Å²) in [5.41, 5.74) is 1.50. The molecule has 0 saturated heterocycles. The monoisotopic (exact) mass is 403 g/mol. The van der Waals surface area contributed by atoms with Crippen molar-refractivity contribution in [3.63, 3.8) is 0 Å². The Kier molecular flexibility index (Phi) is 5.51. The van der Waals surface area contributed by atoms with Crippen LogP contribution in [0, 0.1) is 5.82 Å². The molecule has 0 aliphatic carbocycles. The first kappa shape index (κ1) is 20.0. The van der Waals surface area contributed by atoms with Crippen molar-refractivity contribution in [2.45, 2.75) is 38.1 Å². The number of amides is 1. The quantitative estimate of drug-likeness (QED) is 0.826. The molecule has 2 aromatic carbocycles. The van der Waals surface area contributed by atoms with Crippen LogP contribution in [0.25, 0.3) is 0 Å². The van der Waals surface area contributed by atoms with Gasteiger partial charge in [0.1, 0.15) is 16.5 Å². The number of nitrogens with one attached hydrogen (secondary N) is 1. The van der Waals surface area contributed by atoms with Crippen molar-refractivity contribution in [2.24, 2.45) is 4.40 Å². The zero-order valence-electron chi connectivity index (χ0n) is 15.9. The number of nitrogens with zero attached hydrogens (tertiary/aromatic N) is 2. The number of sulfonamides is 1. The van der Waals surface area contributed by atoms with E-state index >= 15 is 0 Å². The van der Waals surface area contributed by atoms with Gasteiger partial charge in [-0.25, -0.2) is 4.39 Å². The molecule has 0 spiro atoms. The molecule has 0 unspecified atom stereocenters. The van der Waals surface area contributed by atoms with Crippen LogP contribution in [0.1, 0.15) is 49.2 Å². The summed E-state index contributed by atoms with van der Waals surface area (Å²) in [4.78, 5) is 14.5. The van der Waals surface area contributed by atoms with Gasteiger partial charge in [-0.1, -0.05) is 19.1 Å². The Labute approximate surface area is 164 Å². The smallest absolute Gasteiger partial charge is 0.286 e. The van der Waals surface area contributed by atoms with E-state index < -0.39 is 15.9 Å². The first-order chi connectivity index (χ1) is 13.2. The molecule has 2 aromatic rings. The standard InChI is InChI=1S/C20H22FN3O3S/c1-4-11-24-14(3)23-28(26,27)19-12-16(7-10-18(19)24)20(25)22-13(2)15-5-8-17(21)9-6-15/h5-10,12-13H,4,11H2,1-3H3,(H,22,25)/t13-/m1/s1. The number of hydrogen-bond acceptors (Lipinski definition) is 4. The summed E-state index contributed by atoms with van der Waals surface area (Å²) in [7, 11) is -3.86. The molecule has 3 rings (SSSR count). The maximum atomic E-state index is 13.1. The highest BCUT2D eigenvalue weighted by atomic mass is 32.2. The van der Waals surface area contributed by atoms with Crippen LogP contribution in [-0.4, -0.2) is 26.7 Å². The average molecular weight is 403 g/mol. The second-order valence-corrected chi connectivity index (χ2v) is 8.27. The fraction of sp³-hybridized carbons (Fsp3) is 0.300. The lowest BCUT2D eigenvalue weighted by molar-refractivity contribution is 0.0939. The van der Waals surface area contributed by atoms with E-state index in [-0.39, 0.29) is 22.3 Å². The Morgan fingerprint density at radius 1 is 1.21 bits per heavy atom. The fourth-order valence-electron chi connectivity index (χ4n) is 3.15. The van der Waals surface area contributed by atoms with E-state index in [0.29, 0.717) is 18.1 Å². The normalized spacial score (nSPS) is 16.1. The van der Waals surface area contributed by atoms with E-state index in [1.54, 1.807) is 38.1 Å². The van der Waals surface area contributed by atoms with Crippen molar-refractivity contribution in [3.05, 3.63) is 59.4 Å². The minimum Gasteiger partial charge on any atom is -0.346 e. The fourth-order valence-corrected chi connectivity index (χ4v) is 4.42. The number of amidine groups is 1. The van der Waals surface area contributed by atoms with Crippen LogP contribution in [0.2, 0.25) is 0 Å². The SMILES string of the molecule is CCCN1C(C)=NS(=O)(=O)c2cc(C(=O)N[C@H](C)c3ccc(F)cc3)ccc21. The number of benzene rings is 2. The van der Waals surface area contributed by atoms with E-state index in [1.165, 1.54) is 18.2 Å². The van der Waals surface area contributed by atoms with Gasteiger partial charge in [-0.3, -0.25) is 4.79 Å². The van der Waals surface area contributed by atoms with Gasteiger partial charge in [0.25, 0.3) is 15.9 Å². The van der Waals surface area contributed by atoms with Crippen LogP contribution >= 0.6 is 0 Å². The van der Waals surface area contributed by atoms with Crippen LogP contribution in [-0.2, 0) is 10.0 Å². The van der Waals surface area contributed by atoms with Crippen molar-refractivity contribution in [1.82, 2.24) is 5.32 Å². The Morgan fingerprint density at radius 2 is 1.89 bits per heavy atom. The van der Waals surface area contributed by atoms with Crippen LogP contribution < -0.4 is 10.2 Å². The van der Waals surface area contributed by atoms with E-state index in [0.717, 1.165) is 12.0 Å². The lowest BCUT2D eigenvalue weighted by Crippen LogP contribution is -2.35. The van der Waals surface area contributed by atoms with Gasteiger partial charge < -0.3 is 10.2 Å². The molecule has 1 atom stereocenters. The number of carbonyl (C=O) groups excluding carboxylic acids is 1. The van der Waals surface area contributed by atoms with Crippen LogP contribution in [0.4, 0.5) is 10.1 Å². The topological polar surface area (TPSA) is 78.8 Å². The van der Waals surface area contributed by atoms with Crippen LogP contribution in [0.5, 0.6) is 0 Å². The molecule has 8 heteroatoms. The third-order valence-electron chi connectivity index (χ3n) is 4.60. The zero-order chi connectivity index (χ0) is 20.5. The highest BCUT2D eigenvalue weighted by Gasteiger charge is 2.29. The Morgan fingerprint density at radius 3 is 2.54 bits per heavy atom. The van der Waals surface area contributed by atoms with Crippen LogP contribution in [0.15, 0.2) is 51.8 Å². The summed E-state index contributed by atoms with van der Waals surface area (Å²) in [6.07, 6.45) is 0.823. The molecule has 6 nitrogen and oxygen atoms in total. The second-order valence-electron chi connectivity index (χ2n) is 6.69. The summed E-state index contributed by atoms with van der Waals surface area (Å²) in [6.45, 7) is 6.05. The second kappa shape index (κ2) is 7.71. The van der Waals surface area contributed by atoms with Crippen LogP contribution in [0.3, 0.4) is 0 Å². The van der Waals surface area contributed by atoms with Gasteiger partial charge in [0.15, 0.2) is 0 Å². The van der Waals surface area contributed by atoms with Crippen molar-refractivity contribution < 1.29 is 17.6 Å². The Hall–Kier alpha value is -2.74. The van der Waals surface area contributed by atoms with Gasteiger partial charge in [-0.15, -0.1) is 4.40 Å². The first-order valence-electron chi connectivity index (χ1n) is 9.02. The third-order valence-corrected chi connectivity index (χ3v) is 5.99. The molecule has 1 N–H and O–H groups in total. The molecular weight excluding hydrogens is 381 g/mol. The highest BCUT2D eigenvalue weighted by Crippen LogP contribution is 2.32. The Bertz CT molecular complexity index is 1030. The van der Waals surface area contributed by atoms with E-state index in [1.807, 2.05) is 11.8 Å². The number of rotatable bonds is 5. The zero-order valence-corrected chi connectivity index (χ0v) is 16.8. The molecule has 0 radical (unpaired) electrons. The summed E-state index contributed by atoms with van der Waals surface area (Å²) < 4.78 is 41.9. The van der Waals surface area contributed by atoms with E-state index in [2.05, 4.69) is 9.71 Å². The van der Waals surface area contributed by atoms with Gasteiger partial charge in [-0.2, -0.15) is 8.42 Å². The Balaban J connectivity index is 1.89. The lowest BCUT2D eigenvalue weighted by atomic mass is 10.1. The maximum absolute atomic E-state index is 13.1. The predicted octanol–water partition coefficient (Wildman–Crippen LogP) is 3.65. The van der Waals surface area contributed by atoms with Crippen molar-refractivity contribution in [3.8, 4) is 0 Å². The van der Waals surface area contributed by atoms with Gasteiger partial charge >= 0.3 is 0 Å². The van der Waals surface area contributed by atoms with Crippen molar-refractivity contribution in [1.29, 1.82) is 0 Å². The molecule has 0 fully saturated rings. The van der Waals surface area contributed by atoms with Gasteiger partial charge in [-0.05, 0) is 56.2 Å². The van der Waals surface area contributed by atoms with Crippen molar-refractivity contribution >= 4 is 27.5 Å². The van der Waals surface area contributed by atoms with Gasteiger partial charge in [0.2, 0.25) is 0 Å². The summed E-state index contributed by atoms with van der Waals surface area (Å²) in [5, 5.41) is 2.81. The number of halogens is 1. The number of anilines is 1. The minimum absolute atomic E-state index is 0.0219. The molecule has 1 aliphatic rings. The molecule has 28 heavy (non-hydrogen) atoms. The highest BCUT2D eigenvalue weighted by molar-refractivity contribution is 7.90. The maximum Gasteiger partial charge on any atom is 0.286 e. The van der Waals surface area contributed by atoms with Gasteiger partial charge in [0, 0.05) is 12.1 Å². The molecular formula is C20H22FN3O3S. The molecule has 1 heterocycles. The molecule has 148 valence electrons. The third kappa shape index (κ3) is 3.91. The minimum atomic E-state index is -3.86. The molecule has 1 amide bonds. The lowest BCUT2D eigenvalue weighted by Gasteiger charge is -2.29. The van der Waals surface area contributed by atoms with Crippen molar-refractivity contribution in [2.75, 3.05) is 11.4 Å². The summed E-state index contributed by atoms with van der Waals surface area (Å²) >= 11 is 0. The number of fused-ring (bicyclic) bond motifs is 1. The van der Waals surface area contributed by atoms with Gasteiger partial charge in [0.05, 0.1) is 11.7 Å². The molecule has 0 bridgehead atoms. The molecule has 0 aromatic heterocycles. The molecule has 1 aliphatic heterocycles. The summed E-state index contributed by atoms with van der Waals surface area (Å²) in [5.74, 6) is -0.353. The van der Waals surface area contributed by atoms with E-state index in [9.17, 15) is 17.6 Å². The largest absolute Gasteiger partial charge is 0.346 e. The average Bonchev–Trinajstić information content (AvgIpc) is 2.65. The van der Waals surface area contributed by atoms with E-state index in [4.69, 9.17) is 0 Å². The summed E-state index contributed by atoms with van der Waals surface area (Å²) in [6, 6.07) is 10.1.